The van der Waals surface area contributed by atoms with E-state index >= 15 is 0 Å². The van der Waals surface area contributed by atoms with Crippen molar-refractivity contribution in [1.82, 2.24) is 9.55 Å². The molecule has 1 N–H and O–H groups in total. The van der Waals surface area contributed by atoms with Gasteiger partial charge in [-0.2, -0.15) is 0 Å². The minimum Gasteiger partial charge on any atom is -0.454 e. The molecule has 0 saturated heterocycles. The molecular formula is C17H13Br2N3O3. The van der Waals surface area contributed by atoms with Gasteiger partial charge >= 0.3 is 5.97 Å². The first-order valence-electron chi connectivity index (χ1n) is 7.33. The van der Waals surface area contributed by atoms with Crippen LogP contribution in [0.3, 0.4) is 0 Å². The van der Waals surface area contributed by atoms with Crippen molar-refractivity contribution in [2.45, 2.75) is 6.54 Å². The summed E-state index contributed by atoms with van der Waals surface area (Å²) in [5, 5.41) is 2.68. The molecule has 0 aliphatic rings. The Balaban J connectivity index is 1.54. The van der Waals surface area contributed by atoms with E-state index in [0.717, 1.165) is 20.0 Å². The number of benzene rings is 2. The number of esters is 1. The molecule has 0 spiro atoms. The summed E-state index contributed by atoms with van der Waals surface area (Å²) in [7, 11) is 0. The third-order valence-corrected chi connectivity index (χ3v) is 4.55. The van der Waals surface area contributed by atoms with Gasteiger partial charge in [-0.25, -0.2) is 4.98 Å². The predicted octanol–water partition coefficient (Wildman–Crippen LogP) is 3.74. The number of rotatable bonds is 5. The first-order chi connectivity index (χ1) is 12.0. The van der Waals surface area contributed by atoms with Crippen molar-refractivity contribution in [3.8, 4) is 0 Å². The van der Waals surface area contributed by atoms with Crippen LogP contribution >= 0.6 is 31.9 Å². The summed E-state index contributed by atoms with van der Waals surface area (Å²) in [5.41, 5.74) is 2.24. The molecule has 2 aromatic carbocycles. The Labute approximate surface area is 160 Å². The third-order valence-electron chi connectivity index (χ3n) is 3.40. The lowest BCUT2D eigenvalue weighted by Gasteiger charge is -2.09. The van der Waals surface area contributed by atoms with Crippen LogP contribution in [0.2, 0.25) is 0 Å². The number of anilines is 1. The number of para-hydroxylation sites is 2. The molecule has 6 nitrogen and oxygen atoms in total. The Hall–Kier alpha value is -2.19. The van der Waals surface area contributed by atoms with E-state index in [2.05, 4.69) is 42.2 Å². The molecule has 1 aromatic heterocycles. The topological polar surface area (TPSA) is 73.2 Å². The molecule has 1 heterocycles. The zero-order chi connectivity index (χ0) is 17.8. The maximum absolute atomic E-state index is 12.0. The summed E-state index contributed by atoms with van der Waals surface area (Å²) in [6.07, 6.45) is 1.57. The van der Waals surface area contributed by atoms with Crippen LogP contribution in [0, 0.1) is 0 Å². The summed E-state index contributed by atoms with van der Waals surface area (Å²) in [6.45, 7) is -0.357. The summed E-state index contributed by atoms with van der Waals surface area (Å²) in [5.74, 6) is -0.917. The molecule has 128 valence electrons. The number of hydrogen-bond donors (Lipinski definition) is 1. The fourth-order valence-corrected chi connectivity index (χ4v) is 3.39. The highest BCUT2D eigenvalue weighted by Gasteiger charge is 2.11. The average Bonchev–Trinajstić information content (AvgIpc) is 2.99. The molecule has 1 amide bonds. The van der Waals surface area contributed by atoms with E-state index < -0.39 is 11.9 Å². The number of imidazole rings is 1. The van der Waals surface area contributed by atoms with Gasteiger partial charge in [-0.05, 0) is 46.3 Å². The van der Waals surface area contributed by atoms with Crippen molar-refractivity contribution in [1.29, 1.82) is 0 Å². The Morgan fingerprint density at radius 2 is 1.96 bits per heavy atom. The SMILES string of the molecule is O=C(COC(=O)Cn1cnc2ccccc21)Nc1ccc(Br)cc1Br. The molecule has 0 radical (unpaired) electrons. The molecule has 0 aliphatic carbocycles. The number of hydrogen-bond acceptors (Lipinski definition) is 4. The fourth-order valence-electron chi connectivity index (χ4n) is 2.24. The quantitative estimate of drug-likeness (QED) is 0.581. The molecule has 0 unspecified atom stereocenters. The van der Waals surface area contributed by atoms with Crippen molar-refractivity contribution < 1.29 is 14.3 Å². The van der Waals surface area contributed by atoms with E-state index in [9.17, 15) is 9.59 Å². The van der Waals surface area contributed by atoms with Crippen molar-refractivity contribution >= 4 is 60.5 Å². The predicted molar refractivity (Wildman–Crippen MR) is 101 cm³/mol. The minimum atomic E-state index is -0.506. The number of carbonyl (C=O) groups is 2. The molecule has 8 heteroatoms. The normalized spacial score (nSPS) is 10.6. The largest absolute Gasteiger partial charge is 0.454 e. The van der Waals surface area contributed by atoms with Crippen molar-refractivity contribution in [2.24, 2.45) is 0 Å². The smallest absolute Gasteiger partial charge is 0.326 e. The van der Waals surface area contributed by atoms with Gasteiger partial charge in [0.25, 0.3) is 5.91 Å². The molecule has 0 saturated carbocycles. The second-order valence-corrected chi connectivity index (χ2v) is 6.96. The Morgan fingerprint density at radius 1 is 1.16 bits per heavy atom. The van der Waals surface area contributed by atoms with E-state index in [1.807, 2.05) is 30.3 Å². The van der Waals surface area contributed by atoms with Gasteiger partial charge in [-0.1, -0.05) is 28.1 Å². The highest BCUT2D eigenvalue weighted by atomic mass is 79.9. The van der Waals surface area contributed by atoms with Gasteiger partial charge in [0.2, 0.25) is 0 Å². The summed E-state index contributed by atoms with van der Waals surface area (Å²) in [4.78, 5) is 28.1. The monoisotopic (exact) mass is 465 g/mol. The Morgan fingerprint density at radius 3 is 2.76 bits per heavy atom. The van der Waals surface area contributed by atoms with Gasteiger partial charge in [0.1, 0.15) is 6.54 Å². The lowest BCUT2D eigenvalue weighted by molar-refractivity contribution is -0.147. The van der Waals surface area contributed by atoms with Gasteiger partial charge in [0, 0.05) is 8.95 Å². The fraction of sp³-hybridized carbons (Fsp3) is 0.118. The molecular weight excluding hydrogens is 454 g/mol. The Kier molecular flexibility index (Phi) is 5.50. The molecule has 3 aromatic rings. The third kappa shape index (κ3) is 4.46. The van der Waals surface area contributed by atoms with Gasteiger partial charge in [0.15, 0.2) is 6.61 Å². The minimum absolute atomic E-state index is 0.00419. The summed E-state index contributed by atoms with van der Waals surface area (Å²) < 4.78 is 8.33. The van der Waals surface area contributed by atoms with Crippen molar-refractivity contribution in [3.63, 3.8) is 0 Å². The van der Waals surface area contributed by atoms with Crippen LogP contribution in [0.1, 0.15) is 0 Å². The van der Waals surface area contributed by atoms with Crippen LogP contribution < -0.4 is 5.32 Å². The standard InChI is InChI=1S/C17H13Br2N3O3/c18-11-5-6-13(12(19)7-11)21-16(23)9-25-17(24)8-22-10-20-14-3-1-2-4-15(14)22/h1-7,10H,8-9H2,(H,21,23). The zero-order valence-corrected chi connectivity index (χ0v) is 16.1. The van der Waals surface area contributed by atoms with Gasteiger partial charge < -0.3 is 14.6 Å². The molecule has 25 heavy (non-hydrogen) atoms. The molecule has 0 bridgehead atoms. The lowest BCUT2D eigenvalue weighted by Crippen LogP contribution is -2.23. The summed E-state index contributed by atoms with van der Waals surface area (Å²) in [6, 6.07) is 12.8. The average molecular weight is 467 g/mol. The van der Waals surface area contributed by atoms with Crippen molar-refractivity contribution in [2.75, 3.05) is 11.9 Å². The van der Waals surface area contributed by atoms with Crippen LogP contribution in [0.4, 0.5) is 5.69 Å². The number of nitrogens with zero attached hydrogens (tertiary/aromatic N) is 2. The molecule has 0 aliphatic heterocycles. The van der Waals surface area contributed by atoms with E-state index in [0.29, 0.717) is 5.69 Å². The van der Waals surface area contributed by atoms with Crippen LogP contribution in [0.15, 0.2) is 57.7 Å². The van der Waals surface area contributed by atoms with Crippen molar-refractivity contribution in [3.05, 3.63) is 57.7 Å². The zero-order valence-electron chi connectivity index (χ0n) is 12.9. The van der Waals surface area contributed by atoms with Crippen LogP contribution in [-0.4, -0.2) is 28.0 Å². The van der Waals surface area contributed by atoms with Crippen LogP contribution in [-0.2, 0) is 20.9 Å². The van der Waals surface area contributed by atoms with E-state index in [4.69, 9.17) is 4.74 Å². The first kappa shape index (κ1) is 17.6. The maximum Gasteiger partial charge on any atom is 0.326 e. The number of fused-ring (bicyclic) bond motifs is 1. The summed E-state index contributed by atoms with van der Waals surface area (Å²) >= 11 is 6.69. The number of amides is 1. The number of carbonyl (C=O) groups excluding carboxylic acids is 2. The van der Waals surface area contributed by atoms with Gasteiger partial charge in [0.05, 0.1) is 23.0 Å². The lowest BCUT2D eigenvalue weighted by atomic mass is 10.3. The van der Waals surface area contributed by atoms with Crippen LogP contribution in [0.5, 0.6) is 0 Å². The van der Waals surface area contributed by atoms with Gasteiger partial charge in [-0.3, -0.25) is 9.59 Å². The van der Waals surface area contributed by atoms with Crippen LogP contribution in [0.25, 0.3) is 11.0 Å². The molecule has 3 rings (SSSR count). The maximum atomic E-state index is 12.0. The number of nitrogens with one attached hydrogen (secondary N) is 1. The highest BCUT2D eigenvalue weighted by molar-refractivity contribution is 9.11. The molecule has 0 atom stereocenters. The van der Waals surface area contributed by atoms with E-state index in [1.165, 1.54) is 0 Å². The first-order valence-corrected chi connectivity index (χ1v) is 8.92. The van der Waals surface area contributed by atoms with E-state index in [-0.39, 0.29) is 13.2 Å². The second-order valence-electron chi connectivity index (χ2n) is 5.19. The highest BCUT2D eigenvalue weighted by Crippen LogP contribution is 2.26. The number of aromatic nitrogens is 2. The second kappa shape index (κ2) is 7.79. The van der Waals surface area contributed by atoms with Gasteiger partial charge in [-0.15, -0.1) is 0 Å². The Bertz CT molecular complexity index is 940. The number of ether oxygens (including phenoxy) is 1. The number of halogens is 2. The van der Waals surface area contributed by atoms with E-state index in [1.54, 1.807) is 23.0 Å². The molecule has 0 fully saturated rings.